The van der Waals surface area contributed by atoms with Crippen molar-refractivity contribution in [1.82, 2.24) is 14.3 Å². The molecule has 10 heteroatoms. The van der Waals surface area contributed by atoms with Crippen molar-refractivity contribution in [3.05, 3.63) is 71.5 Å². The second-order valence-corrected chi connectivity index (χ2v) is 9.08. The summed E-state index contributed by atoms with van der Waals surface area (Å²) in [5.74, 6) is 1.31. The first-order valence-corrected chi connectivity index (χ1v) is 11.3. The summed E-state index contributed by atoms with van der Waals surface area (Å²) >= 11 is 6.02. The first-order valence-electron chi connectivity index (χ1n) is 9.48. The quantitative estimate of drug-likeness (QED) is 0.581. The molecule has 0 atom stereocenters. The number of benzene rings is 2. The van der Waals surface area contributed by atoms with Crippen LogP contribution >= 0.6 is 11.6 Å². The van der Waals surface area contributed by atoms with Crippen LogP contribution in [0.25, 0.3) is 0 Å². The molecule has 0 radical (unpaired) electrons. The largest absolute Gasteiger partial charge is 0.456 e. The third kappa shape index (κ3) is 4.46. The number of anilines is 1. The third-order valence-electron chi connectivity index (χ3n) is 4.85. The minimum Gasteiger partial charge on any atom is -0.456 e. The molecular formula is C21H18ClN5O3S. The van der Waals surface area contributed by atoms with E-state index in [1.807, 2.05) is 11.0 Å². The molecule has 1 aromatic heterocycles. The Hall–Kier alpha value is -3.19. The summed E-state index contributed by atoms with van der Waals surface area (Å²) in [6.07, 6.45) is 3.33. The number of ether oxygens (including phenoxy) is 1. The lowest BCUT2D eigenvalue weighted by atomic mass is 10.2. The van der Waals surface area contributed by atoms with Crippen molar-refractivity contribution in [3.8, 4) is 17.6 Å². The van der Waals surface area contributed by atoms with Gasteiger partial charge in [-0.05, 0) is 42.5 Å². The Morgan fingerprint density at radius 3 is 2.29 bits per heavy atom. The van der Waals surface area contributed by atoms with E-state index < -0.39 is 10.0 Å². The van der Waals surface area contributed by atoms with Gasteiger partial charge in [0.2, 0.25) is 16.0 Å². The van der Waals surface area contributed by atoms with Crippen molar-refractivity contribution in [2.75, 3.05) is 31.1 Å². The Bertz CT molecular complexity index is 1210. The maximum absolute atomic E-state index is 13.0. The molecule has 158 valence electrons. The first-order chi connectivity index (χ1) is 15.0. The second kappa shape index (κ2) is 8.89. The van der Waals surface area contributed by atoms with Gasteiger partial charge >= 0.3 is 0 Å². The van der Waals surface area contributed by atoms with Crippen molar-refractivity contribution >= 4 is 27.6 Å². The number of nitrogens with zero attached hydrogens (tertiary/aromatic N) is 5. The summed E-state index contributed by atoms with van der Waals surface area (Å²) < 4.78 is 33.2. The van der Waals surface area contributed by atoms with Crippen LogP contribution in [-0.2, 0) is 10.0 Å². The molecule has 31 heavy (non-hydrogen) atoms. The zero-order valence-corrected chi connectivity index (χ0v) is 17.9. The molecular weight excluding hydrogens is 438 g/mol. The fourth-order valence-corrected chi connectivity index (χ4v) is 4.87. The summed E-state index contributed by atoms with van der Waals surface area (Å²) in [7, 11) is -3.64. The number of piperazine rings is 1. The minimum absolute atomic E-state index is 0.177. The molecule has 1 aliphatic heterocycles. The number of rotatable bonds is 5. The second-order valence-electron chi connectivity index (χ2n) is 6.74. The fraction of sp³-hybridized carbons (Fsp3) is 0.190. The zero-order chi connectivity index (χ0) is 21.8. The van der Waals surface area contributed by atoms with Crippen molar-refractivity contribution in [2.45, 2.75) is 4.90 Å². The van der Waals surface area contributed by atoms with Gasteiger partial charge in [0.05, 0.1) is 9.92 Å². The molecule has 1 saturated heterocycles. The van der Waals surface area contributed by atoms with Crippen LogP contribution in [0.3, 0.4) is 0 Å². The highest BCUT2D eigenvalue weighted by Crippen LogP contribution is 2.30. The van der Waals surface area contributed by atoms with E-state index in [1.54, 1.807) is 48.8 Å². The molecule has 3 aromatic rings. The molecule has 0 N–H and O–H groups in total. The van der Waals surface area contributed by atoms with E-state index in [9.17, 15) is 13.7 Å². The highest BCUT2D eigenvalue weighted by Gasteiger charge is 2.29. The fourth-order valence-electron chi connectivity index (χ4n) is 3.24. The number of hydrogen-bond donors (Lipinski definition) is 0. The van der Waals surface area contributed by atoms with Crippen molar-refractivity contribution < 1.29 is 13.2 Å². The van der Waals surface area contributed by atoms with Gasteiger partial charge in [-0.25, -0.2) is 18.4 Å². The summed E-state index contributed by atoms with van der Waals surface area (Å²) in [4.78, 5) is 10.6. The first kappa shape index (κ1) is 21.1. The molecule has 2 aromatic carbocycles. The van der Waals surface area contributed by atoms with Gasteiger partial charge in [0.25, 0.3) is 0 Å². The molecule has 0 amide bonds. The van der Waals surface area contributed by atoms with Crippen LogP contribution in [0.2, 0.25) is 5.02 Å². The van der Waals surface area contributed by atoms with Crippen molar-refractivity contribution in [1.29, 1.82) is 5.26 Å². The van der Waals surface area contributed by atoms with Gasteiger partial charge in [0, 0.05) is 38.6 Å². The lowest BCUT2D eigenvalue weighted by molar-refractivity contribution is 0.382. The van der Waals surface area contributed by atoms with Gasteiger partial charge in [-0.3, -0.25) is 0 Å². The molecule has 2 heterocycles. The van der Waals surface area contributed by atoms with Crippen LogP contribution < -0.4 is 9.64 Å². The normalized spacial score (nSPS) is 14.8. The van der Waals surface area contributed by atoms with Gasteiger partial charge in [-0.1, -0.05) is 17.7 Å². The summed E-state index contributed by atoms with van der Waals surface area (Å²) in [6, 6.07) is 14.8. The predicted molar refractivity (Wildman–Crippen MR) is 116 cm³/mol. The van der Waals surface area contributed by atoms with E-state index >= 15 is 0 Å². The van der Waals surface area contributed by atoms with Gasteiger partial charge in [-0.15, -0.1) is 0 Å². The van der Waals surface area contributed by atoms with E-state index in [2.05, 4.69) is 9.97 Å². The van der Waals surface area contributed by atoms with Crippen molar-refractivity contribution in [2.24, 2.45) is 0 Å². The highest BCUT2D eigenvalue weighted by atomic mass is 35.5. The molecule has 0 aliphatic carbocycles. The Morgan fingerprint density at radius 2 is 1.65 bits per heavy atom. The van der Waals surface area contributed by atoms with Crippen LogP contribution in [0.15, 0.2) is 65.8 Å². The van der Waals surface area contributed by atoms with Crippen LogP contribution in [0.4, 0.5) is 5.95 Å². The molecule has 0 saturated carbocycles. The standard InChI is InChI=1S/C21H18ClN5O3S/c22-19-3-1-4-20(18(19)15-23)30-16-5-7-17(8-6-16)31(28,29)27-13-11-26(12-14-27)21-24-9-2-10-25-21/h1-10H,11-14H2. The predicted octanol–water partition coefficient (Wildman–Crippen LogP) is 3.30. The van der Waals surface area contributed by atoms with Gasteiger partial charge in [0.15, 0.2) is 0 Å². The Balaban J connectivity index is 1.45. The van der Waals surface area contributed by atoms with E-state index in [4.69, 9.17) is 16.3 Å². The van der Waals surface area contributed by atoms with Gasteiger partial charge < -0.3 is 9.64 Å². The summed E-state index contributed by atoms with van der Waals surface area (Å²) in [5.41, 5.74) is 0.223. The maximum Gasteiger partial charge on any atom is 0.243 e. The average Bonchev–Trinajstić information content (AvgIpc) is 2.80. The Labute approximate surface area is 185 Å². The molecule has 8 nitrogen and oxygen atoms in total. The molecule has 4 rings (SSSR count). The monoisotopic (exact) mass is 455 g/mol. The summed E-state index contributed by atoms with van der Waals surface area (Å²) in [5, 5.41) is 9.54. The molecule has 0 unspecified atom stereocenters. The van der Waals surface area contributed by atoms with Crippen LogP contribution in [-0.4, -0.2) is 48.9 Å². The van der Waals surface area contributed by atoms with E-state index in [-0.39, 0.29) is 10.5 Å². The molecule has 0 spiro atoms. The van der Waals surface area contributed by atoms with Crippen LogP contribution in [0.1, 0.15) is 5.56 Å². The average molecular weight is 456 g/mol. The number of aromatic nitrogens is 2. The number of sulfonamides is 1. The summed E-state index contributed by atoms with van der Waals surface area (Å²) in [6.45, 7) is 1.70. The molecule has 1 fully saturated rings. The van der Waals surface area contributed by atoms with Gasteiger partial charge in [-0.2, -0.15) is 9.57 Å². The van der Waals surface area contributed by atoms with E-state index in [0.29, 0.717) is 48.6 Å². The number of nitriles is 1. The SMILES string of the molecule is N#Cc1c(Cl)cccc1Oc1ccc(S(=O)(=O)N2CCN(c3ncccn3)CC2)cc1. The van der Waals surface area contributed by atoms with Crippen LogP contribution in [0, 0.1) is 11.3 Å². The van der Waals surface area contributed by atoms with Crippen LogP contribution in [0.5, 0.6) is 11.5 Å². The van der Waals surface area contributed by atoms with Gasteiger partial charge in [0.1, 0.15) is 23.1 Å². The number of halogens is 1. The van der Waals surface area contributed by atoms with Crippen molar-refractivity contribution in [3.63, 3.8) is 0 Å². The maximum atomic E-state index is 13.0. The zero-order valence-electron chi connectivity index (χ0n) is 16.3. The third-order valence-corrected chi connectivity index (χ3v) is 7.08. The highest BCUT2D eigenvalue weighted by molar-refractivity contribution is 7.89. The molecule has 1 aliphatic rings. The van der Waals surface area contributed by atoms with E-state index in [0.717, 1.165) is 0 Å². The molecule has 0 bridgehead atoms. The Morgan fingerprint density at radius 1 is 0.968 bits per heavy atom. The smallest absolute Gasteiger partial charge is 0.243 e. The minimum atomic E-state index is -3.64. The lowest BCUT2D eigenvalue weighted by Crippen LogP contribution is -2.49. The van der Waals surface area contributed by atoms with E-state index in [1.165, 1.54) is 16.4 Å². The topological polar surface area (TPSA) is 99.4 Å². The number of hydrogen-bond acceptors (Lipinski definition) is 7. The Kier molecular flexibility index (Phi) is 6.04. The lowest BCUT2D eigenvalue weighted by Gasteiger charge is -2.33.